The van der Waals surface area contributed by atoms with Crippen molar-refractivity contribution >= 4 is 0 Å². The van der Waals surface area contributed by atoms with Crippen molar-refractivity contribution in [3.8, 4) is 22.6 Å². The highest BCUT2D eigenvalue weighted by Gasteiger charge is 2.20. The highest BCUT2D eigenvalue weighted by molar-refractivity contribution is 5.71. The lowest BCUT2D eigenvalue weighted by molar-refractivity contribution is 0.225. The summed E-state index contributed by atoms with van der Waals surface area (Å²) >= 11 is 0. The van der Waals surface area contributed by atoms with Crippen molar-refractivity contribution in [2.24, 2.45) is 0 Å². The lowest BCUT2D eigenvalue weighted by atomic mass is 9.97. The summed E-state index contributed by atoms with van der Waals surface area (Å²) in [5.74, 6) is 1.21. The SMILES string of the molecule is c1ccc(-c2nnc(CN3Cc4ccccc4-c4ccccc4C3)o2)cc1. The molecule has 1 aliphatic rings. The summed E-state index contributed by atoms with van der Waals surface area (Å²) in [7, 11) is 0. The first kappa shape index (κ1) is 16.0. The maximum atomic E-state index is 5.93. The van der Waals surface area contributed by atoms with Gasteiger partial charge in [-0.2, -0.15) is 0 Å². The number of benzene rings is 3. The quantitative estimate of drug-likeness (QED) is 0.524. The lowest BCUT2D eigenvalue weighted by Gasteiger charge is -2.18. The Labute approximate surface area is 158 Å². The molecule has 0 radical (unpaired) electrons. The molecule has 5 rings (SSSR count). The van der Waals surface area contributed by atoms with Gasteiger partial charge in [-0.3, -0.25) is 4.90 Å². The Kier molecular flexibility index (Phi) is 4.03. The van der Waals surface area contributed by atoms with Gasteiger partial charge < -0.3 is 4.42 Å². The number of aromatic nitrogens is 2. The molecule has 0 amide bonds. The number of nitrogens with zero attached hydrogens (tertiary/aromatic N) is 3. The molecule has 0 bridgehead atoms. The van der Waals surface area contributed by atoms with Gasteiger partial charge in [0.05, 0.1) is 6.54 Å². The highest BCUT2D eigenvalue weighted by Crippen LogP contribution is 2.33. The zero-order chi connectivity index (χ0) is 18.1. The molecule has 3 aromatic carbocycles. The van der Waals surface area contributed by atoms with Gasteiger partial charge in [-0.05, 0) is 34.4 Å². The van der Waals surface area contributed by atoms with Gasteiger partial charge in [0.25, 0.3) is 0 Å². The first-order valence-electron chi connectivity index (χ1n) is 9.13. The first-order chi connectivity index (χ1) is 13.4. The number of fused-ring (bicyclic) bond motifs is 3. The molecule has 0 aliphatic carbocycles. The van der Waals surface area contributed by atoms with Crippen LogP contribution in [0.3, 0.4) is 0 Å². The minimum Gasteiger partial charge on any atom is -0.419 e. The molecular formula is C23H19N3O. The van der Waals surface area contributed by atoms with Gasteiger partial charge in [0.1, 0.15) is 0 Å². The molecule has 0 fully saturated rings. The zero-order valence-corrected chi connectivity index (χ0v) is 14.9. The first-order valence-corrected chi connectivity index (χ1v) is 9.13. The van der Waals surface area contributed by atoms with Gasteiger partial charge in [0.2, 0.25) is 11.8 Å². The van der Waals surface area contributed by atoms with E-state index in [9.17, 15) is 0 Å². The second-order valence-electron chi connectivity index (χ2n) is 6.83. The van der Waals surface area contributed by atoms with Crippen molar-refractivity contribution in [1.29, 1.82) is 0 Å². The molecule has 0 saturated heterocycles. The van der Waals surface area contributed by atoms with Gasteiger partial charge in [0, 0.05) is 18.7 Å². The summed E-state index contributed by atoms with van der Waals surface area (Å²) in [6.45, 7) is 2.34. The third-order valence-corrected chi connectivity index (χ3v) is 4.96. The van der Waals surface area contributed by atoms with Crippen LogP contribution >= 0.6 is 0 Å². The molecule has 2 heterocycles. The van der Waals surface area contributed by atoms with Crippen LogP contribution < -0.4 is 0 Å². The van der Waals surface area contributed by atoms with Gasteiger partial charge in [-0.25, -0.2) is 0 Å². The second-order valence-corrected chi connectivity index (χ2v) is 6.83. The van der Waals surface area contributed by atoms with E-state index in [4.69, 9.17) is 4.42 Å². The Morgan fingerprint density at radius 3 is 1.96 bits per heavy atom. The molecule has 4 heteroatoms. The maximum absolute atomic E-state index is 5.93. The standard InChI is InChI=1S/C23H19N3O/c1-2-8-17(9-3-1)23-25-24-22(27-23)16-26-14-18-10-4-6-12-20(18)21-13-7-5-11-19(21)15-26/h1-13H,14-16H2. The molecule has 0 N–H and O–H groups in total. The van der Waals surface area contributed by atoms with Crippen molar-refractivity contribution in [3.63, 3.8) is 0 Å². The number of hydrogen-bond donors (Lipinski definition) is 0. The van der Waals surface area contributed by atoms with Crippen molar-refractivity contribution in [2.45, 2.75) is 19.6 Å². The van der Waals surface area contributed by atoms with Gasteiger partial charge in [-0.1, -0.05) is 66.7 Å². The van der Waals surface area contributed by atoms with Crippen molar-refractivity contribution in [2.75, 3.05) is 0 Å². The van der Waals surface area contributed by atoms with Gasteiger partial charge in [0.15, 0.2) is 0 Å². The predicted molar refractivity (Wildman–Crippen MR) is 105 cm³/mol. The van der Waals surface area contributed by atoms with Crippen LogP contribution in [-0.2, 0) is 19.6 Å². The minimum absolute atomic E-state index is 0.571. The molecule has 27 heavy (non-hydrogen) atoms. The second kappa shape index (κ2) is 6.82. The summed E-state index contributed by atoms with van der Waals surface area (Å²) in [6.07, 6.45) is 0. The lowest BCUT2D eigenvalue weighted by Crippen LogP contribution is -2.21. The summed E-state index contributed by atoms with van der Waals surface area (Å²) in [6, 6.07) is 27.1. The summed E-state index contributed by atoms with van der Waals surface area (Å²) in [4.78, 5) is 2.35. The number of hydrogen-bond acceptors (Lipinski definition) is 4. The van der Waals surface area contributed by atoms with Crippen LogP contribution in [0.1, 0.15) is 17.0 Å². The monoisotopic (exact) mass is 353 g/mol. The Balaban J connectivity index is 1.45. The van der Waals surface area contributed by atoms with E-state index in [-0.39, 0.29) is 0 Å². The molecule has 132 valence electrons. The van der Waals surface area contributed by atoms with Crippen LogP contribution in [-0.4, -0.2) is 15.1 Å². The number of rotatable bonds is 3. The summed E-state index contributed by atoms with van der Waals surface area (Å²) in [5, 5.41) is 8.49. The molecule has 1 aliphatic heterocycles. The van der Waals surface area contributed by atoms with E-state index in [1.165, 1.54) is 22.3 Å². The molecule has 1 aromatic heterocycles. The molecule has 0 saturated carbocycles. The Hall–Kier alpha value is -3.24. The molecule has 0 spiro atoms. The fraction of sp³-hybridized carbons (Fsp3) is 0.130. The van der Waals surface area contributed by atoms with E-state index in [1.807, 2.05) is 30.3 Å². The molecule has 4 nitrogen and oxygen atoms in total. The smallest absolute Gasteiger partial charge is 0.247 e. The van der Waals surface area contributed by atoms with Crippen LogP contribution in [0.4, 0.5) is 0 Å². The fourth-order valence-electron chi connectivity index (χ4n) is 3.70. The average Bonchev–Trinajstić information content (AvgIpc) is 3.11. The van der Waals surface area contributed by atoms with Gasteiger partial charge in [-0.15, -0.1) is 10.2 Å². The largest absolute Gasteiger partial charge is 0.419 e. The Bertz CT molecular complexity index is 1020. The van der Waals surface area contributed by atoms with E-state index in [0.717, 1.165) is 18.7 Å². The normalized spacial score (nSPS) is 13.6. The highest BCUT2D eigenvalue weighted by atomic mass is 16.4. The fourth-order valence-corrected chi connectivity index (χ4v) is 3.70. The zero-order valence-electron chi connectivity index (χ0n) is 14.9. The van der Waals surface area contributed by atoms with E-state index in [0.29, 0.717) is 18.3 Å². The average molecular weight is 353 g/mol. The molecule has 0 unspecified atom stereocenters. The van der Waals surface area contributed by atoms with Crippen LogP contribution in [0.15, 0.2) is 83.3 Å². The van der Waals surface area contributed by atoms with E-state index in [1.54, 1.807) is 0 Å². The third-order valence-electron chi connectivity index (χ3n) is 4.96. The Morgan fingerprint density at radius 2 is 1.30 bits per heavy atom. The van der Waals surface area contributed by atoms with Crippen molar-refractivity contribution < 1.29 is 4.42 Å². The van der Waals surface area contributed by atoms with E-state index >= 15 is 0 Å². The van der Waals surface area contributed by atoms with Gasteiger partial charge >= 0.3 is 0 Å². The molecule has 0 atom stereocenters. The summed E-state index contributed by atoms with van der Waals surface area (Å²) < 4.78 is 5.93. The van der Waals surface area contributed by atoms with Crippen LogP contribution in [0.5, 0.6) is 0 Å². The van der Waals surface area contributed by atoms with Crippen molar-refractivity contribution in [3.05, 3.63) is 95.9 Å². The maximum Gasteiger partial charge on any atom is 0.247 e. The van der Waals surface area contributed by atoms with Crippen molar-refractivity contribution in [1.82, 2.24) is 15.1 Å². The van der Waals surface area contributed by atoms with Crippen LogP contribution in [0.2, 0.25) is 0 Å². The molecular weight excluding hydrogens is 334 g/mol. The third kappa shape index (κ3) is 3.15. The summed E-state index contributed by atoms with van der Waals surface area (Å²) in [5.41, 5.74) is 6.22. The van der Waals surface area contributed by atoms with E-state index in [2.05, 4.69) is 63.6 Å². The minimum atomic E-state index is 0.571. The topological polar surface area (TPSA) is 42.2 Å². The Morgan fingerprint density at radius 1 is 0.704 bits per heavy atom. The molecule has 4 aromatic rings. The van der Waals surface area contributed by atoms with E-state index < -0.39 is 0 Å². The predicted octanol–water partition coefficient (Wildman–Crippen LogP) is 4.92. The van der Waals surface area contributed by atoms with Crippen LogP contribution in [0, 0.1) is 0 Å². The van der Waals surface area contributed by atoms with Crippen LogP contribution in [0.25, 0.3) is 22.6 Å².